The molecule has 1 rings (SSSR count). The highest BCUT2D eigenvalue weighted by Gasteiger charge is 2.36. The lowest BCUT2D eigenvalue weighted by atomic mass is 9.97. The van der Waals surface area contributed by atoms with Gasteiger partial charge in [0.05, 0.1) is 15.4 Å². The van der Waals surface area contributed by atoms with Crippen LogP contribution in [0.15, 0.2) is 18.2 Å². The summed E-state index contributed by atoms with van der Waals surface area (Å²) in [5.41, 5.74) is -1.02. The minimum Gasteiger partial charge on any atom is -0.478 e. The molecule has 1 aromatic carbocycles. The Balaban J connectivity index is 3.96. The maximum absolute atomic E-state index is 11.7. The van der Waals surface area contributed by atoms with Gasteiger partial charge in [0.25, 0.3) is 0 Å². The topological polar surface area (TPSA) is 127 Å². The summed E-state index contributed by atoms with van der Waals surface area (Å²) in [6.07, 6.45) is 0.596. The van der Waals surface area contributed by atoms with E-state index in [4.69, 9.17) is 0 Å². The molecule has 9 nitrogen and oxygen atoms in total. The van der Waals surface area contributed by atoms with Crippen LogP contribution in [0, 0.1) is 20.2 Å². The number of aromatic carboxylic acids is 1. The van der Waals surface area contributed by atoms with Crippen LogP contribution >= 0.6 is 0 Å². The normalized spacial score (nSPS) is 10.4. The summed E-state index contributed by atoms with van der Waals surface area (Å²) in [7, 11) is 0. The Labute approximate surface area is 144 Å². The van der Waals surface area contributed by atoms with Crippen LogP contribution < -0.4 is 4.90 Å². The fourth-order valence-corrected chi connectivity index (χ4v) is 2.70. The summed E-state index contributed by atoms with van der Waals surface area (Å²) >= 11 is 0. The molecule has 0 aliphatic heterocycles. The molecule has 0 fully saturated rings. The van der Waals surface area contributed by atoms with E-state index in [-0.39, 0.29) is 30.8 Å². The Morgan fingerprint density at radius 3 is 2.24 bits per heavy atom. The molecule has 0 bridgehead atoms. The summed E-state index contributed by atoms with van der Waals surface area (Å²) in [6.45, 7) is 9.38. The fraction of sp³-hybridized carbons (Fsp3) is 0.438. The zero-order chi connectivity index (χ0) is 19.3. The second-order valence-electron chi connectivity index (χ2n) is 5.66. The SMILES string of the molecule is C=C(C)CN(CC)c1c([N+](=O)[O-])cc(C(=O)O)c(CCC)c1[N+](=O)[O-]. The number of carbonyl (C=O) groups is 1. The predicted octanol–water partition coefficient (Wildman–Crippen LogP) is 3.56. The second-order valence-corrected chi connectivity index (χ2v) is 5.66. The zero-order valence-corrected chi connectivity index (χ0v) is 14.4. The number of carboxylic acids is 1. The van der Waals surface area contributed by atoms with Crippen LogP contribution in [0.5, 0.6) is 0 Å². The molecule has 136 valence electrons. The third-order valence-electron chi connectivity index (χ3n) is 3.63. The molecule has 0 aliphatic rings. The van der Waals surface area contributed by atoms with Crippen molar-refractivity contribution in [1.29, 1.82) is 0 Å². The summed E-state index contributed by atoms with van der Waals surface area (Å²) in [6, 6.07) is 0.913. The van der Waals surface area contributed by atoms with Gasteiger partial charge in [0.1, 0.15) is 0 Å². The molecule has 0 radical (unpaired) electrons. The first kappa shape index (κ1) is 20.1. The van der Waals surface area contributed by atoms with Gasteiger partial charge in [0.2, 0.25) is 0 Å². The number of anilines is 1. The number of carboxylic acid groups (broad SMARTS) is 1. The summed E-state index contributed by atoms with van der Waals surface area (Å²) in [5, 5.41) is 32.6. The van der Waals surface area contributed by atoms with Gasteiger partial charge < -0.3 is 10.0 Å². The van der Waals surface area contributed by atoms with Crippen molar-refractivity contribution < 1.29 is 19.7 Å². The predicted molar refractivity (Wildman–Crippen MR) is 93.4 cm³/mol. The van der Waals surface area contributed by atoms with Crippen LogP contribution in [-0.4, -0.2) is 34.0 Å². The minimum absolute atomic E-state index is 0.000709. The quantitative estimate of drug-likeness (QED) is 0.409. The lowest BCUT2D eigenvalue weighted by Gasteiger charge is -2.24. The van der Waals surface area contributed by atoms with Gasteiger partial charge in [-0.3, -0.25) is 20.2 Å². The van der Waals surface area contributed by atoms with E-state index in [0.29, 0.717) is 12.0 Å². The Bertz CT molecular complexity index is 729. The van der Waals surface area contributed by atoms with Crippen LogP contribution in [-0.2, 0) is 6.42 Å². The van der Waals surface area contributed by atoms with Crippen molar-refractivity contribution in [2.24, 2.45) is 0 Å². The molecule has 9 heteroatoms. The van der Waals surface area contributed by atoms with E-state index >= 15 is 0 Å². The molecule has 0 amide bonds. The Kier molecular flexibility index (Phi) is 6.60. The van der Waals surface area contributed by atoms with Gasteiger partial charge in [0, 0.05) is 24.7 Å². The van der Waals surface area contributed by atoms with Gasteiger partial charge >= 0.3 is 17.3 Å². The van der Waals surface area contributed by atoms with Gasteiger partial charge in [-0.1, -0.05) is 25.5 Å². The number of nitro groups is 2. The molecule has 0 heterocycles. The van der Waals surface area contributed by atoms with E-state index in [1.165, 1.54) is 4.90 Å². The first-order valence-electron chi connectivity index (χ1n) is 7.76. The van der Waals surface area contributed by atoms with Gasteiger partial charge in [-0.2, -0.15) is 0 Å². The second kappa shape index (κ2) is 8.22. The van der Waals surface area contributed by atoms with Gasteiger partial charge in [-0.25, -0.2) is 4.79 Å². The van der Waals surface area contributed by atoms with E-state index in [1.807, 2.05) is 0 Å². The number of rotatable bonds is 9. The monoisotopic (exact) mass is 351 g/mol. The number of likely N-dealkylation sites (N-methyl/N-ethyl adjacent to an activating group) is 1. The fourth-order valence-electron chi connectivity index (χ4n) is 2.70. The van der Waals surface area contributed by atoms with Gasteiger partial charge in [-0.05, 0) is 20.3 Å². The molecule has 0 spiro atoms. The number of benzene rings is 1. The van der Waals surface area contributed by atoms with Crippen LogP contribution in [0.2, 0.25) is 0 Å². The van der Waals surface area contributed by atoms with Crippen molar-refractivity contribution in [2.45, 2.75) is 33.6 Å². The molecular formula is C16H21N3O6. The largest absolute Gasteiger partial charge is 0.478 e. The van der Waals surface area contributed by atoms with Gasteiger partial charge in [-0.15, -0.1) is 0 Å². The van der Waals surface area contributed by atoms with E-state index in [0.717, 1.165) is 6.07 Å². The van der Waals surface area contributed by atoms with Crippen molar-refractivity contribution in [2.75, 3.05) is 18.0 Å². The van der Waals surface area contributed by atoms with Crippen LogP contribution in [0.25, 0.3) is 0 Å². The number of hydrogen-bond acceptors (Lipinski definition) is 6. The van der Waals surface area contributed by atoms with E-state index in [1.54, 1.807) is 20.8 Å². The van der Waals surface area contributed by atoms with Crippen molar-refractivity contribution >= 4 is 23.0 Å². The summed E-state index contributed by atoms with van der Waals surface area (Å²) < 4.78 is 0. The highest BCUT2D eigenvalue weighted by Crippen LogP contribution is 2.42. The van der Waals surface area contributed by atoms with Crippen LogP contribution in [0.3, 0.4) is 0 Å². The minimum atomic E-state index is -1.43. The lowest BCUT2D eigenvalue weighted by Crippen LogP contribution is -2.27. The maximum atomic E-state index is 11.7. The molecule has 0 saturated heterocycles. The maximum Gasteiger partial charge on any atom is 0.336 e. The van der Waals surface area contributed by atoms with Crippen LogP contribution in [0.4, 0.5) is 17.1 Å². The molecular weight excluding hydrogens is 330 g/mol. The van der Waals surface area contributed by atoms with Crippen molar-refractivity contribution in [3.63, 3.8) is 0 Å². The first-order chi connectivity index (χ1) is 11.6. The zero-order valence-electron chi connectivity index (χ0n) is 14.4. The number of hydrogen-bond donors (Lipinski definition) is 1. The Morgan fingerprint density at radius 2 is 1.88 bits per heavy atom. The standard InChI is InChI=1S/C16H21N3O6/c1-5-7-11-12(16(20)21)8-13(18(22)23)15(14(11)19(24)25)17(6-2)9-10(3)4/h8H,3,5-7,9H2,1-2,4H3,(H,20,21). The van der Waals surface area contributed by atoms with Crippen molar-refractivity contribution in [3.05, 3.63) is 49.6 Å². The van der Waals surface area contributed by atoms with E-state index in [2.05, 4.69) is 6.58 Å². The van der Waals surface area contributed by atoms with Gasteiger partial charge in [0.15, 0.2) is 5.69 Å². The smallest absolute Gasteiger partial charge is 0.336 e. The van der Waals surface area contributed by atoms with Crippen molar-refractivity contribution in [1.82, 2.24) is 0 Å². The molecule has 0 saturated carbocycles. The molecule has 1 aromatic rings. The van der Waals surface area contributed by atoms with Crippen LogP contribution in [0.1, 0.15) is 43.1 Å². The van der Waals surface area contributed by atoms with E-state index in [9.17, 15) is 30.1 Å². The summed E-state index contributed by atoms with van der Waals surface area (Å²) in [5.74, 6) is -1.43. The Hall–Kier alpha value is -2.97. The third kappa shape index (κ3) is 4.31. The molecule has 0 unspecified atom stereocenters. The third-order valence-corrected chi connectivity index (χ3v) is 3.63. The summed E-state index contributed by atoms with van der Waals surface area (Å²) in [4.78, 5) is 34.7. The molecule has 25 heavy (non-hydrogen) atoms. The first-order valence-corrected chi connectivity index (χ1v) is 7.76. The number of nitrogens with zero attached hydrogens (tertiary/aromatic N) is 3. The lowest BCUT2D eigenvalue weighted by molar-refractivity contribution is -0.393. The van der Waals surface area contributed by atoms with Crippen molar-refractivity contribution in [3.8, 4) is 0 Å². The molecule has 0 aromatic heterocycles. The molecule has 0 aliphatic carbocycles. The highest BCUT2D eigenvalue weighted by molar-refractivity contribution is 5.95. The number of nitro benzene ring substituents is 2. The average Bonchev–Trinajstić information content (AvgIpc) is 2.51. The van der Waals surface area contributed by atoms with E-state index < -0.39 is 32.8 Å². The average molecular weight is 351 g/mol. The molecule has 0 atom stereocenters. The Morgan fingerprint density at radius 1 is 1.28 bits per heavy atom. The highest BCUT2D eigenvalue weighted by atomic mass is 16.6. The molecule has 1 N–H and O–H groups in total.